The van der Waals surface area contributed by atoms with Crippen molar-refractivity contribution in [3.8, 4) is 5.75 Å². The first-order valence-electron chi connectivity index (χ1n) is 7.40. The van der Waals surface area contributed by atoms with Crippen molar-refractivity contribution in [2.24, 2.45) is 0 Å². The van der Waals surface area contributed by atoms with Crippen LogP contribution in [0.2, 0.25) is 0 Å². The maximum Gasteiger partial charge on any atom is 0.233 e. The minimum absolute atomic E-state index is 0.0377. The fourth-order valence-corrected chi connectivity index (χ4v) is 2.91. The fraction of sp³-hybridized carbons (Fsp3) is 0.278. The molecule has 0 radical (unpaired) electrons. The summed E-state index contributed by atoms with van der Waals surface area (Å²) in [5.41, 5.74) is 1.04. The summed E-state index contributed by atoms with van der Waals surface area (Å²) in [6.07, 6.45) is 0. The Morgan fingerprint density at radius 2 is 1.95 bits per heavy atom. The van der Waals surface area contributed by atoms with Gasteiger partial charge in [-0.15, -0.1) is 11.8 Å². The van der Waals surface area contributed by atoms with Crippen molar-refractivity contribution in [1.29, 1.82) is 0 Å². The zero-order chi connectivity index (χ0) is 15.8. The predicted octanol–water partition coefficient (Wildman–Crippen LogP) is 3.88. The molecule has 4 heteroatoms. The van der Waals surface area contributed by atoms with Gasteiger partial charge < -0.3 is 10.1 Å². The van der Waals surface area contributed by atoms with Crippen LogP contribution in [0, 0.1) is 0 Å². The normalized spacial score (nSPS) is 11.7. The third-order valence-corrected chi connectivity index (χ3v) is 4.21. The van der Waals surface area contributed by atoms with Gasteiger partial charge in [0.1, 0.15) is 5.75 Å². The molecule has 0 spiro atoms. The Kier molecular flexibility index (Phi) is 6.34. The zero-order valence-electron chi connectivity index (χ0n) is 12.9. The third-order valence-electron chi connectivity index (χ3n) is 3.10. The van der Waals surface area contributed by atoms with Gasteiger partial charge in [0.2, 0.25) is 5.91 Å². The van der Waals surface area contributed by atoms with Gasteiger partial charge in [-0.1, -0.05) is 30.3 Å². The standard InChI is InChI=1S/C18H21NO2S/c1-3-21-16-9-7-8-15(12-16)13-19-18(20)14(2)22-17-10-5-4-6-11-17/h4-12,14H,3,13H2,1-2H3,(H,19,20)/t14-/m1/s1. The van der Waals surface area contributed by atoms with Crippen LogP contribution in [0.4, 0.5) is 0 Å². The van der Waals surface area contributed by atoms with Crippen LogP contribution in [0.25, 0.3) is 0 Å². The number of hydrogen-bond donors (Lipinski definition) is 1. The lowest BCUT2D eigenvalue weighted by Crippen LogP contribution is -2.30. The van der Waals surface area contributed by atoms with Crippen molar-refractivity contribution in [2.75, 3.05) is 6.61 Å². The molecule has 0 bridgehead atoms. The smallest absolute Gasteiger partial charge is 0.233 e. The highest BCUT2D eigenvalue weighted by Gasteiger charge is 2.13. The van der Waals surface area contributed by atoms with E-state index in [9.17, 15) is 4.79 Å². The number of nitrogens with one attached hydrogen (secondary N) is 1. The first kappa shape index (κ1) is 16.4. The van der Waals surface area contributed by atoms with Crippen molar-refractivity contribution in [3.63, 3.8) is 0 Å². The Morgan fingerprint density at radius 1 is 1.18 bits per heavy atom. The number of amides is 1. The molecule has 1 N–H and O–H groups in total. The van der Waals surface area contributed by atoms with Crippen LogP contribution >= 0.6 is 11.8 Å². The van der Waals surface area contributed by atoms with E-state index in [0.717, 1.165) is 16.2 Å². The summed E-state index contributed by atoms with van der Waals surface area (Å²) in [6, 6.07) is 17.8. The molecule has 0 saturated heterocycles. The topological polar surface area (TPSA) is 38.3 Å². The number of hydrogen-bond acceptors (Lipinski definition) is 3. The first-order chi connectivity index (χ1) is 10.7. The Morgan fingerprint density at radius 3 is 2.68 bits per heavy atom. The SMILES string of the molecule is CCOc1cccc(CNC(=O)[C@@H](C)Sc2ccccc2)c1. The van der Waals surface area contributed by atoms with Crippen molar-refractivity contribution in [1.82, 2.24) is 5.32 Å². The van der Waals surface area contributed by atoms with Gasteiger partial charge in [-0.3, -0.25) is 4.79 Å². The van der Waals surface area contributed by atoms with E-state index in [2.05, 4.69) is 5.32 Å². The molecule has 3 nitrogen and oxygen atoms in total. The monoisotopic (exact) mass is 315 g/mol. The summed E-state index contributed by atoms with van der Waals surface area (Å²) in [5, 5.41) is 2.85. The number of benzene rings is 2. The quantitative estimate of drug-likeness (QED) is 0.788. The van der Waals surface area contributed by atoms with Crippen molar-refractivity contribution >= 4 is 17.7 Å². The molecule has 1 amide bonds. The van der Waals surface area contributed by atoms with E-state index in [4.69, 9.17) is 4.74 Å². The zero-order valence-corrected chi connectivity index (χ0v) is 13.7. The van der Waals surface area contributed by atoms with E-state index in [1.807, 2.05) is 68.4 Å². The number of carbonyl (C=O) groups is 1. The number of thioether (sulfide) groups is 1. The molecule has 0 saturated carbocycles. The molecule has 2 rings (SSSR count). The highest BCUT2D eigenvalue weighted by molar-refractivity contribution is 8.00. The van der Waals surface area contributed by atoms with E-state index < -0.39 is 0 Å². The molecular weight excluding hydrogens is 294 g/mol. The number of ether oxygens (including phenoxy) is 1. The lowest BCUT2D eigenvalue weighted by Gasteiger charge is -2.12. The van der Waals surface area contributed by atoms with Gasteiger partial charge in [-0.25, -0.2) is 0 Å². The molecule has 0 aliphatic carbocycles. The maximum absolute atomic E-state index is 12.2. The van der Waals surface area contributed by atoms with Crippen LogP contribution < -0.4 is 10.1 Å². The fourth-order valence-electron chi connectivity index (χ4n) is 2.00. The van der Waals surface area contributed by atoms with Crippen LogP contribution in [0.3, 0.4) is 0 Å². The molecule has 2 aromatic rings. The Hall–Kier alpha value is -1.94. The van der Waals surface area contributed by atoms with E-state index in [1.165, 1.54) is 0 Å². The second kappa shape index (κ2) is 8.49. The molecule has 0 unspecified atom stereocenters. The number of rotatable bonds is 7. The minimum Gasteiger partial charge on any atom is -0.494 e. The average molecular weight is 315 g/mol. The maximum atomic E-state index is 12.2. The van der Waals surface area contributed by atoms with E-state index >= 15 is 0 Å². The van der Waals surface area contributed by atoms with Gasteiger partial charge in [0.25, 0.3) is 0 Å². The molecule has 0 heterocycles. The van der Waals surface area contributed by atoms with Gasteiger partial charge >= 0.3 is 0 Å². The Balaban J connectivity index is 1.85. The van der Waals surface area contributed by atoms with E-state index in [-0.39, 0.29) is 11.2 Å². The van der Waals surface area contributed by atoms with E-state index in [0.29, 0.717) is 13.2 Å². The summed E-state index contributed by atoms with van der Waals surface area (Å²) in [4.78, 5) is 13.3. The van der Waals surface area contributed by atoms with Gasteiger partial charge in [0.05, 0.1) is 11.9 Å². The molecule has 0 aliphatic heterocycles. The largest absolute Gasteiger partial charge is 0.494 e. The van der Waals surface area contributed by atoms with Crippen molar-refractivity contribution in [2.45, 2.75) is 30.5 Å². The highest BCUT2D eigenvalue weighted by atomic mass is 32.2. The summed E-state index contributed by atoms with van der Waals surface area (Å²) in [7, 11) is 0. The Labute approximate surface area is 136 Å². The van der Waals surface area contributed by atoms with Gasteiger partial charge in [-0.05, 0) is 43.7 Å². The third kappa shape index (κ3) is 5.11. The highest BCUT2D eigenvalue weighted by Crippen LogP contribution is 2.22. The summed E-state index contributed by atoms with van der Waals surface area (Å²) in [6.45, 7) is 5.03. The lowest BCUT2D eigenvalue weighted by atomic mass is 10.2. The molecule has 0 aromatic heterocycles. The summed E-state index contributed by atoms with van der Waals surface area (Å²) < 4.78 is 5.46. The van der Waals surface area contributed by atoms with Crippen LogP contribution in [0.1, 0.15) is 19.4 Å². The number of carbonyl (C=O) groups excluding carboxylic acids is 1. The van der Waals surface area contributed by atoms with Gasteiger partial charge in [0.15, 0.2) is 0 Å². The summed E-state index contributed by atoms with van der Waals surface area (Å²) in [5.74, 6) is 0.872. The molecular formula is C18H21NO2S. The second-order valence-corrected chi connectivity index (χ2v) is 6.29. The van der Waals surface area contributed by atoms with E-state index in [1.54, 1.807) is 11.8 Å². The summed E-state index contributed by atoms with van der Waals surface area (Å²) >= 11 is 1.56. The van der Waals surface area contributed by atoms with Crippen LogP contribution in [-0.2, 0) is 11.3 Å². The van der Waals surface area contributed by atoms with Crippen LogP contribution in [-0.4, -0.2) is 17.8 Å². The van der Waals surface area contributed by atoms with Crippen molar-refractivity contribution in [3.05, 3.63) is 60.2 Å². The molecule has 22 heavy (non-hydrogen) atoms. The van der Waals surface area contributed by atoms with Crippen molar-refractivity contribution < 1.29 is 9.53 Å². The molecule has 116 valence electrons. The van der Waals surface area contributed by atoms with Gasteiger partial charge in [-0.2, -0.15) is 0 Å². The first-order valence-corrected chi connectivity index (χ1v) is 8.28. The van der Waals surface area contributed by atoms with Crippen LogP contribution in [0.15, 0.2) is 59.5 Å². The molecule has 0 aliphatic rings. The predicted molar refractivity (Wildman–Crippen MR) is 91.2 cm³/mol. The second-order valence-electron chi connectivity index (χ2n) is 4.87. The lowest BCUT2D eigenvalue weighted by molar-refractivity contribution is -0.120. The average Bonchev–Trinajstić information content (AvgIpc) is 2.54. The minimum atomic E-state index is -0.127. The molecule has 2 aromatic carbocycles. The Bertz CT molecular complexity index is 601. The molecule has 1 atom stereocenters. The van der Waals surface area contributed by atoms with Gasteiger partial charge in [0, 0.05) is 11.4 Å². The van der Waals surface area contributed by atoms with Crippen LogP contribution in [0.5, 0.6) is 5.75 Å². The molecule has 0 fully saturated rings.